The van der Waals surface area contributed by atoms with Crippen LogP contribution in [0.2, 0.25) is 0 Å². The summed E-state index contributed by atoms with van der Waals surface area (Å²) in [7, 11) is 0. The lowest BCUT2D eigenvalue weighted by Crippen LogP contribution is -2.47. The van der Waals surface area contributed by atoms with E-state index in [1.54, 1.807) is 0 Å². The second-order valence-electron chi connectivity index (χ2n) is 6.20. The summed E-state index contributed by atoms with van der Waals surface area (Å²) in [5.41, 5.74) is -1.08. The van der Waals surface area contributed by atoms with Gasteiger partial charge in [0, 0.05) is 13.1 Å². The van der Waals surface area contributed by atoms with Crippen LogP contribution in [0, 0.1) is 0 Å². The molecule has 0 saturated carbocycles. The van der Waals surface area contributed by atoms with Crippen LogP contribution >= 0.6 is 0 Å². The number of alkyl halides is 3. The Morgan fingerprint density at radius 3 is 2.80 bits per heavy atom. The second kappa shape index (κ2) is 8.64. The van der Waals surface area contributed by atoms with Crippen LogP contribution in [-0.2, 0) is 20.4 Å². The monoisotopic (exact) mass is 360 g/mol. The minimum Gasteiger partial charge on any atom is -0.376 e. The molecule has 1 aromatic carbocycles. The fourth-order valence-electron chi connectivity index (χ4n) is 2.56. The van der Waals surface area contributed by atoms with Crippen molar-refractivity contribution in [3.63, 3.8) is 0 Å². The molecule has 0 aliphatic carbocycles. The minimum atomic E-state index is -4.51. The molecule has 8 heteroatoms. The van der Waals surface area contributed by atoms with Crippen molar-refractivity contribution in [2.24, 2.45) is 0 Å². The molecule has 1 heterocycles. The molecule has 1 saturated heterocycles. The quantitative estimate of drug-likeness (QED) is 0.848. The highest BCUT2D eigenvalue weighted by Gasteiger charge is 2.33. The first-order valence-corrected chi connectivity index (χ1v) is 8.17. The standard InChI is InChI=1S/C17H23F3N2O3/c1-12(2)25-11-13-9-22(7-8-24-13)10-16(23)21-15-6-4-3-5-14(15)17(18,19)20/h3-6,12-13H,7-11H2,1-2H3,(H,21,23). The first kappa shape index (κ1) is 19.7. The van der Waals surface area contributed by atoms with Gasteiger partial charge in [0.1, 0.15) is 0 Å². The molecule has 5 nitrogen and oxygen atoms in total. The number of halogens is 3. The average molecular weight is 360 g/mol. The van der Waals surface area contributed by atoms with Gasteiger partial charge in [-0.2, -0.15) is 13.2 Å². The molecule has 1 atom stereocenters. The molecule has 2 rings (SSSR count). The number of carbonyl (C=O) groups excluding carboxylic acids is 1. The van der Waals surface area contributed by atoms with Crippen molar-refractivity contribution in [2.45, 2.75) is 32.2 Å². The van der Waals surface area contributed by atoms with E-state index in [4.69, 9.17) is 9.47 Å². The summed E-state index contributed by atoms with van der Waals surface area (Å²) in [4.78, 5) is 14.0. The Balaban J connectivity index is 1.90. The Morgan fingerprint density at radius 1 is 1.40 bits per heavy atom. The molecule has 1 unspecified atom stereocenters. The lowest BCUT2D eigenvalue weighted by molar-refractivity contribution is -0.137. The van der Waals surface area contributed by atoms with Crippen molar-refractivity contribution < 1.29 is 27.4 Å². The molecule has 1 N–H and O–H groups in total. The Kier molecular flexibility index (Phi) is 6.80. The molecular weight excluding hydrogens is 337 g/mol. The summed E-state index contributed by atoms with van der Waals surface area (Å²) in [5.74, 6) is -0.484. The zero-order valence-electron chi connectivity index (χ0n) is 14.3. The van der Waals surface area contributed by atoms with Crippen LogP contribution in [0.1, 0.15) is 19.4 Å². The van der Waals surface area contributed by atoms with Crippen molar-refractivity contribution in [1.82, 2.24) is 4.90 Å². The van der Waals surface area contributed by atoms with E-state index in [1.807, 2.05) is 18.7 Å². The zero-order chi connectivity index (χ0) is 18.4. The van der Waals surface area contributed by atoms with Gasteiger partial charge in [0.15, 0.2) is 0 Å². The third kappa shape index (κ3) is 6.30. The Labute approximate surface area is 145 Å². The smallest absolute Gasteiger partial charge is 0.376 e. The van der Waals surface area contributed by atoms with Crippen LogP contribution in [-0.4, -0.2) is 55.9 Å². The molecule has 0 spiro atoms. The number of ether oxygens (including phenoxy) is 2. The maximum atomic E-state index is 13.0. The number of nitrogens with one attached hydrogen (secondary N) is 1. The van der Waals surface area contributed by atoms with E-state index in [2.05, 4.69) is 5.32 Å². The van der Waals surface area contributed by atoms with Crippen molar-refractivity contribution in [2.75, 3.05) is 38.2 Å². The zero-order valence-corrected chi connectivity index (χ0v) is 14.3. The first-order chi connectivity index (χ1) is 11.8. The van der Waals surface area contributed by atoms with Crippen molar-refractivity contribution >= 4 is 11.6 Å². The molecule has 140 valence electrons. The van der Waals surface area contributed by atoms with E-state index in [1.165, 1.54) is 18.2 Å². The molecule has 0 aromatic heterocycles. The van der Waals surface area contributed by atoms with Crippen LogP contribution in [0.3, 0.4) is 0 Å². The SMILES string of the molecule is CC(C)OCC1CN(CC(=O)Nc2ccccc2C(F)(F)F)CCO1. The number of para-hydroxylation sites is 1. The molecule has 0 bridgehead atoms. The molecule has 1 aromatic rings. The summed E-state index contributed by atoms with van der Waals surface area (Å²) in [6, 6.07) is 4.95. The lowest BCUT2D eigenvalue weighted by Gasteiger charge is -2.32. The number of nitrogens with zero attached hydrogens (tertiary/aromatic N) is 1. The lowest BCUT2D eigenvalue weighted by atomic mass is 10.1. The molecule has 1 fully saturated rings. The predicted molar refractivity (Wildman–Crippen MR) is 87.3 cm³/mol. The van der Waals surface area contributed by atoms with Crippen LogP contribution in [0.25, 0.3) is 0 Å². The van der Waals surface area contributed by atoms with E-state index in [0.717, 1.165) is 6.07 Å². The number of morpholine rings is 1. The van der Waals surface area contributed by atoms with Gasteiger partial charge in [-0.15, -0.1) is 0 Å². The number of anilines is 1. The highest BCUT2D eigenvalue weighted by atomic mass is 19.4. The maximum Gasteiger partial charge on any atom is 0.418 e. The van der Waals surface area contributed by atoms with Crippen LogP contribution in [0.4, 0.5) is 18.9 Å². The number of hydrogen-bond donors (Lipinski definition) is 1. The Hall–Kier alpha value is -1.64. The summed E-state index contributed by atoms with van der Waals surface area (Å²) >= 11 is 0. The van der Waals surface area contributed by atoms with Gasteiger partial charge in [-0.3, -0.25) is 9.69 Å². The molecule has 1 aliphatic rings. The predicted octanol–water partition coefficient (Wildman–Crippen LogP) is 2.77. The molecule has 0 radical (unpaired) electrons. The largest absolute Gasteiger partial charge is 0.418 e. The van der Waals surface area contributed by atoms with E-state index in [-0.39, 0.29) is 24.4 Å². The summed E-state index contributed by atoms with van der Waals surface area (Å²) in [6.07, 6.45) is -4.57. The third-order valence-electron chi connectivity index (χ3n) is 3.71. The normalized spacial score (nSPS) is 19.2. The van der Waals surface area contributed by atoms with Crippen LogP contribution in [0.5, 0.6) is 0 Å². The van der Waals surface area contributed by atoms with E-state index < -0.39 is 17.6 Å². The number of amides is 1. The topological polar surface area (TPSA) is 50.8 Å². The molecule has 25 heavy (non-hydrogen) atoms. The highest BCUT2D eigenvalue weighted by molar-refractivity contribution is 5.93. The average Bonchev–Trinajstić information content (AvgIpc) is 2.52. The van der Waals surface area contributed by atoms with Crippen molar-refractivity contribution in [3.05, 3.63) is 29.8 Å². The fraction of sp³-hybridized carbons (Fsp3) is 0.588. The minimum absolute atomic E-state index is 0.00767. The molecule has 1 aliphatic heterocycles. The van der Waals surface area contributed by atoms with Gasteiger partial charge in [-0.1, -0.05) is 12.1 Å². The van der Waals surface area contributed by atoms with Gasteiger partial charge < -0.3 is 14.8 Å². The maximum absolute atomic E-state index is 13.0. The van der Waals surface area contributed by atoms with Gasteiger partial charge >= 0.3 is 6.18 Å². The number of carbonyl (C=O) groups is 1. The van der Waals surface area contributed by atoms with E-state index >= 15 is 0 Å². The van der Waals surface area contributed by atoms with Gasteiger partial charge in [0.25, 0.3) is 0 Å². The Morgan fingerprint density at radius 2 is 2.12 bits per heavy atom. The van der Waals surface area contributed by atoms with Crippen molar-refractivity contribution in [3.8, 4) is 0 Å². The van der Waals surface area contributed by atoms with Gasteiger partial charge in [0.2, 0.25) is 5.91 Å². The first-order valence-electron chi connectivity index (χ1n) is 8.17. The molecule has 1 amide bonds. The third-order valence-corrected chi connectivity index (χ3v) is 3.71. The summed E-state index contributed by atoms with van der Waals surface area (Å²) in [6.45, 7) is 5.78. The summed E-state index contributed by atoms with van der Waals surface area (Å²) in [5, 5.41) is 2.36. The highest BCUT2D eigenvalue weighted by Crippen LogP contribution is 2.34. The van der Waals surface area contributed by atoms with E-state index in [0.29, 0.717) is 26.3 Å². The van der Waals surface area contributed by atoms with Crippen LogP contribution in [0.15, 0.2) is 24.3 Å². The van der Waals surface area contributed by atoms with Crippen molar-refractivity contribution in [1.29, 1.82) is 0 Å². The summed E-state index contributed by atoms with van der Waals surface area (Å²) < 4.78 is 50.0. The number of rotatable bonds is 6. The fourth-order valence-corrected chi connectivity index (χ4v) is 2.56. The number of benzene rings is 1. The molecular formula is C17H23F3N2O3. The van der Waals surface area contributed by atoms with E-state index in [9.17, 15) is 18.0 Å². The Bertz CT molecular complexity index is 579. The van der Waals surface area contributed by atoms with Gasteiger partial charge in [-0.25, -0.2) is 0 Å². The second-order valence-corrected chi connectivity index (χ2v) is 6.20. The van der Waals surface area contributed by atoms with Gasteiger partial charge in [-0.05, 0) is 26.0 Å². The number of hydrogen-bond acceptors (Lipinski definition) is 4. The van der Waals surface area contributed by atoms with Crippen LogP contribution < -0.4 is 5.32 Å². The van der Waals surface area contributed by atoms with Gasteiger partial charge in [0.05, 0.1) is 43.2 Å².